The van der Waals surface area contributed by atoms with Crippen molar-refractivity contribution in [1.29, 1.82) is 0 Å². The summed E-state index contributed by atoms with van der Waals surface area (Å²) in [7, 11) is -5.78. The molecule has 0 radical (unpaired) electrons. The van der Waals surface area contributed by atoms with Crippen molar-refractivity contribution in [1.82, 2.24) is 18.2 Å². The lowest BCUT2D eigenvalue weighted by molar-refractivity contribution is 0.403. The fourth-order valence-electron chi connectivity index (χ4n) is 3.60. The Balaban J connectivity index is 1.51. The van der Waals surface area contributed by atoms with Gasteiger partial charge in [0.05, 0.1) is 11.2 Å². The largest absolute Gasteiger partial charge is 0.339 e. The second-order valence-corrected chi connectivity index (χ2v) is 11.3. The first-order valence-electron chi connectivity index (χ1n) is 9.92. The molecule has 1 aliphatic heterocycles. The van der Waals surface area contributed by atoms with Gasteiger partial charge in [-0.1, -0.05) is 42.5 Å². The Hall–Kier alpha value is -2.53. The zero-order valence-corrected chi connectivity index (χ0v) is 18.8. The molecule has 0 aliphatic carbocycles. The second-order valence-electron chi connectivity index (χ2n) is 7.43. The first kappa shape index (κ1) is 21.7. The molecule has 0 bridgehead atoms. The number of aromatic nitrogens is 2. The summed E-state index contributed by atoms with van der Waals surface area (Å²) >= 11 is 0. The summed E-state index contributed by atoms with van der Waals surface area (Å²) in [6.07, 6.45) is 3.29. The lowest BCUT2D eigenvalue weighted by Crippen LogP contribution is -2.37. The molecule has 0 amide bonds. The van der Waals surface area contributed by atoms with E-state index in [-0.39, 0.29) is 36.1 Å². The van der Waals surface area contributed by atoms with Gasteiger partial charge in [-0.2, -0.15) is 8.61 Å². The van der Waals surface area contributed by atoms with Crippen molar-refractivity contribution in [2.24, 2.45) is 7.05 Å². The minimum atomic E-state index is -3.75. The van der Waals surface area contributed by atoms with Gasteiger partial charge in [0.2, 0.25) is 10.0 Å². The van der Waals surface area contributed by atoms with Crippen molar-refractivity contribution in [3.63, 3.8) is 0 Å². The van der Waals surface area contributed by atoms with Gasteiger partial charge in [0.25, 0.3) is 10.0 Å². The molecule has 1 fully saturated rings. The lowest BCUT2D eigenvalue weighted by Gasteiger charge is -2.21. The Bertz CT molecular complexity index is 1250. The average molecular weight is 461 g/mol. The number of nitrogens with zero attached hydrogens (tertiary/aromatic N) is 4. The third-order valence-electron chi connectivity index (χ3n) is 5.30. The summed E-state index contributed by atoms with van der Waals surface area (Å²) in [6, 6.07) is 16.5. The van der Waals surface area contributed by atoms with Crippen molar-refractivity contribution in [3.05, 3.63) is 67.1 Å². The van der Waals surface area contributed by atoms with E-state index in [2.05, 4.69) is 4.98 Å². The molecule has 31 heavy (non-hydrogen) atoms. The lowest BCUT2D eigenvalue weighted by atomic mass is 10.1. The van der Waals surface area contributed by atoms with E-state index in [1.807, 2.05) is 30.3 Å². The zero-order valence-electron chi connectivity index (χ0n) is 17.1. The van der Waals surface area contributed by atoms with Crippen LogP contribution in [0.1, 0.15) is 6.42 Å². The van der Waals surface area contributed by atoms with E-state index in [0.29, 0.717) is 6.42 Å². The van der Waals surface area contributed by atoms with Gasteiger partial charge in [0.1, 0.15) is 0 Å². The molecule has 164 valence electrons. The van der Waals surface area contributed by atoms with Crippen LogP contribution >= 0.6 is 0 Å². The molecule has 0 spiro atoms. The number of hydrogen-bond donors (Lipinski definition) is 0. The van der Waals surface area contributed by atoms with Gasteiger partial charge in [0, 0.05) is 39.4 Å². The first-order valence-corrected chi connectivity index (χ1v) is 12.8. The van der Waals surface area contributed by atoms with Crippen molar-refractivity contribution in [2.45, 2.75) is 16.3 Å². The van der Waals surface area contributed by atoms with Crippen LogP contribution < -0.4 is 0 Å². The number of hydrogen-bond acceptors (Lipinski definition) is 5. The minimum absolute atomic E-state index is 0.0252. The number of rotatable bonds is 5. The number of imidazole rings is 1. The third kappa shape index (κ3) is 4.42. The van der Waals surface area contributed by atoms with Crippen molar-refractivity contribution in [2.75, 3.05) is 26.2 Å². The Morgan fingerprint density at radius 1 is 0.742 bits per heavy atom. The van der Waals surface area contributed by atoms with Crippen molar-refractivity contribution < 1.29 is 16.8 Å². The van der Waals surface area contributed by atoms with Crippen molar-refractivity contribution in [3.8, 4) is 11.1 Å². The van der Waals surface area contributed by atoms with Crippen LogP contribution in [-0.2, 0) is 27.1 Å². The van der Waals surface area contributed by atoms with E-state index < -0.39 is 20.0 Å². The summed E-state index contributed by atoms with van der Waals surface area (Å²) < 4.78 is 56.2. The average Bonchev–Trinajstić information content (AvgIpc) is 3.06. The van der Waals surface area contributed by atoms with Gasteiger partial charge >= 0.3 is 0 Å². The van der Waals surface area contributed by atoms with Crippen LogP contribution in [0.3, 0.4) is 0 Å². The van der Waals surface area contributed by atoms with Crippen LogP contribution in [0.2, 0.25) is 0 Å². The summed E-state index contributed by atoms with van der Waals surface area (Å²) in [4.78, 5) is 4.15. The van der Waals surface area contributed by atoms with Crippen LogP contribution in [0.15, 0.2) is 77.0 Å². The third-order valence-corrected chi connectivity index (χ3v) is 9.00. The van der Waals surface area contributed by atoms with Gasteiger partial charge < -0.3 is 4.57 Å². The van der Waals surface area contributed by atoms with Crippen molar-refractivity contribution >= 4 is 20.0 Å². The maximum absolute atomic E-state index is 13.2. The molecule has 3 aromatic rings. The smallest absolute Gasteiger partial charge is 0.262 e. The van der Waals surface area contributed by atoms with Crippen LogP contribution in [-0.4, -0.2) is 61.2 Å². The fourth-order valence-corrected chi connectivity index (χ4v) is 6.51. The molecule has 1 aliphatic rings. The number of aryl methyl sites for hydroxylation is 1. The van der Waals surface area contributed by atoms with Gasteiger partial charge in [0.15, 0.2) is 5.03 Å². The van der Waals surface area contributed by atoms with Crippen LogP contribution in [0.4, 0.5) is 0 Å². The van der Waals surface area contributed by atoms with Crippen LogP contribution in [0, 0.1) is 0 Å². The second kappa shape index (κ2) is 8.54. The number of sulfonamides is 2. The van der Waals surface area contributed by atoms with E-state index in [0.717, 1.165) is 11.1 Å². The van der Waals surface area contributed by atoms with E-state index >= 15 is 0 Å². The Morgan fingerprint density at radius 3 is 1.90 bits per heavy atom. The quantitative estimate of drug-likeness (QED) is 0.582. The molecule has 8 nitrogen and oxygen atoms in total. The maximum Gasteiger partial charge on any atom is 0.262 e. The van der Waals surface area contributed by atoms with E-state index in [1.165, 1.54) is 21.1 Å². The van der Waals surface area contributed by atoms with Gasteiger partial charge in [-0.15, -0.1) is 0 Å². The summed E-state index contributed by atoms with van der Waals surface area (Å²) in [6.45, 7) is 0.684. The minimum Gasteiger partial charge on any atom is -0.339 e. The molecular weight excluding hydrogens is 436 g/mol. The monoisotopic (exact) mass is 460 g/mol. The zero-order chi connectivity index (χ0) is 22.1. The number of benzene rings is 2. The Morgan fingerprint density at radius 2 is 1.32 bits per heavy atom. The summed E-state index contributed by atoms with van der Waals surface area (Å²) in [5.41, 5.74) is 1.94. The molecular formula is C21H24N4O4S2. The molecule has 0 atom stereocenters. The van der Waals surface area contributed by atoms with E-state index in [4.69, 9.17) is 0 Å². The molecule has 10 heteroatoms. The summed E-state index contributed by atoms with van der Waals surface area (Å²) in [5.74, 6) is 0. The predicted molar refractivity (Wildman–Crippen MR) is 117 cm³/mol. The molecule has 1 aromatic heterocycles. The predicted octanol–water partition coefficient (Wildman–Crippen LogP) is 2.17. The van der Waals surface area contributed by atoms with E-state index in [9.17, 15) is 16.8 Å². The maximum atomic E-state index is 13.2. The Kier molecular flexibility index (Phi) is 5.98. The molecule has 4 rings (SSSR count). The molecule has 0 N–H and O–H groups in total. The summed E-state index contributed by atoms with van der Waals surface area (Å²) in [5, 5.41) is -0.0252. The highest BCUT2D eigenvalue weighted by molar-refractivity contribution is 7.89. The molecule has 2 heterocycles. The Labute approximate surface area is 182 Å². The molecule has 1 saturated heterocycles. The molecule has 0 saturated carbocycles. The standard InChI is InChI=1S/C21H24N4O4S2/c1-23-16-21(22-17-23)31(28,29)25-13-5-12-24(14-15-25)30(26,27)20-10-8-19(9-11-20)18-6-3-2-4-7-18/h2-4,6-11,16-17H,5,12-15H2,1H3. The van der Waals surface area contributed by atoms with Crippen LogP contribution in [0.25, 0.3) is 11.1 Å². The van der Waals surface area contributed by atoms with Gasteiger partial charge in [-0.05, 0) is 29.7 Å². The normalized spacial score (nSPS) is 16.8. The van der Waals surface area contributed by atoms with Gasteiger partial charge in [-0.25, -0.2) is 21.8 Å². The van der Waals surface area contributed by atoms with Crippen LogP contribution in [0.5, 0.6) is 0 Å². The first-order chi connectivity index (χ1) is 14.8. The highest BCUT2D eigenvalue weighted by Crippen LogP contribution is 2.24. The highest BCUT2D eigenvalue weighted by Gasteiger charge is 2.32. The van der Waals surface area contributed by atoms with Gasteiger partial charge in [-0.3, -0.25) is 0 Å². The topological polar surface area (TPSA) is 92.6 Å². The molecule has 2 aromatic carbocycles. The SMILES string of the molecule is Cn1cnc(S(=O)(=O)N2CCCN(S(=O)(=O)c3ccc(-c4ccccc4)cc3)CC2)c1. The van der Waals surface area contributed by atoms with E-state index in [1.54, 1.807) is 35.9 Å². The highest BCUT2D eigenvalue weighted by atomic mass is 32.2. The fraction of sp³-hybridized carbons (Fsp3) is 0.286. The molecule has 0 unspecified atom stereocenters.